The summed E-state index contributed by atoms with van der Waals surface area (Å²) in [5.74, 6) is 0.442. The third-order valence-corrected chi connectivity index (χ3v) is 1.61. The van der Waals surface area contributed by atoms with Gasteiger partial charge < -0.3 is 4.74 Å². The van der Waals surface area contributed by atoms with Gasteiger partial charge in [-0.25, -0.2) is 4.98 Å². The smallest absolute Gasteiger partial charge is 0.213 e. The first-order valence-corrected chi connectivity index (χ1v) is 3.67. The molecule has 3 nitrogen and oxygen atoms in total. The molecule has 1 rings (SSSR count). The summed E-state index contributed by atoms with van der Waals surface area (Å²) in [6.45, 7) is 3.35. The van der Waals surface area contributed by atoms with Crippen molar-refractivity contribution in [3.8, 4) is 5.88 Å². The lowest BCUT2D eigenvalue weighted by atomic mass is 10.2. The van der Waals surface area contributed by atoms with E-state index in [1.807, 2.05) is 13.0 Å². The maximum absolute atomic E-state index is 11.0. The minimum Gasteiger partial charge on any atom is -0.481 e. The van der Waals surface area contributed by atoms with Crippen LogP contribution in [0.3, 0.4) is 0 Å². The average molecular weight is 165 g/mol. The van der Waals surface area contributed by atoms with E-state index in [2.05, 4.69) is 4.98 Å². The van der Waals surface area contributed by atoms with Gasteiger partial charge in [0.2, 0.25) is 5.88 Å². The first kappa shape index (κ1) is 8.71. The fourth-order valence-electron chi connectivity index (χ4n) is 0.981. The van der Waals surface area contributed by atoms with Crippen molar-refractivity contribution in [2.75, 3.05) is 7.11 Å². The van der Waals surface area contributed by atoms with Crippen LogP contribution in [0.15, 0.2) is 12.1 Å². The van der Waals surface area contributed by atoms with E-state index in [4.69, 9.17) is 4.74 Å². The van der Waals surface area contributed by atoms with Crippen LogP contribution in [0.5, 0.6) is 5.88 Å². The number of nitrogens with zero attached hydrogens (tertiary/aromatic N) is 1. The number of hydrogen-bond donors (Lipinski definition) is 0. The number of rotatable bonds is 2. The van der Waals surface area contributed by atoms with Crippen molar-refractivity contribution in [3.05, 3.63) is 23.4 Å². The van der Waals surface area contributed by atoms with Crippen LogP contribution in [-0.2, 0) is 0 Å². The fourth-order valence-corrected chi connectivity index (χ4v) is 0.981. The molecular formula is C9H11NO2. The average Bonchev–Trinajstić information content (AvgIpc) is 2.05. The quantitative estimate of drug-likeness (QED) is 0.625. The summed E-state index contributed by atoms with van der Waals surface area (Å²) < 4.78 is 4.90. The van der Waals surface area contributed by atoms with Crippen molar-refractivity contribution in [3.63, 3.8) is 0 Å². The highest BCUT2D eigenvalue weighted by molar-refractivity contribution is 5.93. The molecule has 1 aromatic rings. The van der Waals surface area contributed by atoms with E-state index in [0.717, 1.165) is 5.56 Å². The van der Waals surface area contributed by atoms with Gasteiger partial charge in [0.05, 0.1) is 7.11 Å². The van der Waals surface area contributed by atoms with E-state index in [1.54, 1.807) is 6.07 Å². The van der Waals surface area contributed by atoms with Gasteiger partial charge in [0.15, 0.2) is 5.78 Å². The molecule has 0 amide bonds. The van der Waals surface area contributed by atoms with Gasteiger partial charge in [0, 0.05) is 13.0 Å². The molecule has 0 spiro atoms. The van der Waals surface area contributed by atoms with Gasteiger partial charge in [-0.1, -0.05) is 6.07 Å². The molecule has 0 radical (unpaired) electrons. The van der Waals surface area contributed by atoms with Crippen molar-refractivity contribution in [1.82, 2.24) is 4.98 Å². The molecule has 3 heteroatoms. The van der Waals surface area contributed by atoms with Gasteiger partial charge in [0.1, 0.15) is 5.69 Å². The number of Topliss-reactive ketones (excluding diaryl/α,β-unsaturated/α-hetero) is 1. The summed E-state index contributed by atoms with van der Waals surface area (Å²) in [4.78, 5) is 15.0. The van der Waals surface area contributed by atoms with Gasteiger partial charge in [-0.3, -0.25) is 4.79 Å². The predicted octanol–water partition coefficient (Wildman–Crippen LogP) is 1.60. The Labute approximate surface area is 71.4 Å². The number of aryl methyl sites for hydroxylation is 1. The summed E-state index contributed by atoms with van der Waals surface area (Å²) in [7, 11) is 1.53. The minimum absolute atomic E-state index is 0.0357. The fraction of sp³-hybridized carbons (Fsp3) is 0.333. The van der Waals surface area contributed by atoms with Crippen LogP contribution in [0, 0.1) is 6.92 Å². The Bertz CT molecular complexity index is 307. The maximum Gasteiger partial charge on any atom is 0.213 e. The molecule has 0 saturated carbocycles. The normalized spacial score (nSPS) is 9.58. The van der Waals surface area contributed by atoms with Crippen molar-refractivity contribution in [1.29, 1.82) is 0 Å². The third kappa shape index (κ3) is 1.61. The molecule has 0 unspecified atom stereocenters. The molecular weight excluding hydrogens is 154 g/mol. The molecule has 12 heavy (non-hydrogen) atoms. The zero-order valence-corrected chi connectivity index (χ0v) is 7.42. The van der Waals surface area contributed by atoms with Gasteiger partial charge in [-0.15, -0.1) is 0 Å². The highest BCUT2D eigenvalue weighted by Gasteiger charge is 2.06. The van der Waals surface area contributed by atoms with Gasteiger partial charge in [-0.05, 0) is 12.5 Å². The topological polar surface area (TPSA) is 39.2 Å². The van der Waals surface area contributed by atoms with Gasteiger partial charge >= 0.3 is 0 Å². The van der Waals surface area contributed by atoms with Crippen LogP contribution in [0.1, 0.15) is 23.0 Å². The first-order valence-electron chi connectivity index (χ1n) is 3.67. The first-order chi connectivity index (χ1) is 5.65. The Balaban J connectivity index is 3.17. The summed E-state index contributed by atoms with van der Waals surface area (Å²) >= 11 is 0. The number of pyridine rings is 1. The second-order valence-electron chi connectivity index (χ2n) is 2.58. The molecule has 0 aliphatic heterocycles. The van der Waals surface area contributed by atoms with Crippen LogP contribution in [0.25, 0.3) is 0 Å². The molecule has 0 aliphatic carbocycles. The zero-order chi connectivity index (χ0) is 9.14. The number of hydrogen-bond acceptors (Lipinski definition) is 3. The monoisotopic (exact) mass is 165 g/mol. The number of carbonyl (C=O) groups excluding carboxylic acids is 1. The zero-order valence-electron chi connectivity index (χ0n) is 7.42. The molecule has 0 bridgehead atoms. The molecule has 0 atom stereocenters. The Hall–Kier alpha value is -1.38. The lowest BCUT2D eigenvalue weighted by Crippen LogP contribution is -2.01. The van der Waals surface area contributed by atoms with Crippen LogP contribution >= 0.6 is 0 Å². The van der Waals surface area contributed by atoms with E-state index in [1.165, 1.54) is 14.0 Å². The molecule has 0 fully saturated rings. The lowest BCUT2D eigenvalue weighted by molar-refractivity contribution is 0.101. The third-order valence-electron chi connectivity index (χ3n) is 1.61. The van der Waals surface area contributed by atoms with Crippen LogP contribution in [-0.4, -0.2) is 17.9 Å². The Morgan fingerprint density at radius 1 is 1.50 bits per heavy atom. The summed E-state index contributed by atoms with van der Waals surface area (Å²) in [6.07, 6.45) is 0. The van der Waals surface area contributed by atoms with E-state index in [9.17, 15) is 4.79 Å². The van der Waals surface area contributed by atoms with Crippen molar-refractivity contribution >= 4 is 5.78 Å². The van der Waals surface area contributed by atoms with Crippen molar-refractivity contribution in [2.24, 2.45) is 0 Å². The van der Waals surface area contributed by atoms with Crippen molar-refractivity contribution < 1.29 is 9.53 Å². The molecule has 0 aliphatic rings. The second kappa shape index (κ2) is 3.34. The molecule has 0 N–H and O–H groups in total. The molecule has 1 heterocycles. The largest absolute Gasteiger partial charge is 0.481 e. The number of methoxy groups -OCH3 is 1. The van der Waals surface area contributed by atoms with Gasteiger partial charge in [-0.2, -0.15) is 0 Å². The second-order valence-corrected chi connectivity index (χ2v) is 2.58. The Morgan fingerprint density at radius 3 is 2.67 bits per heavy atom. The molecule has 0 saturated heterocycles. The maximum atomic E-state index is 11.0. The highest BCUT2D eigenvalue weighted by atomic mass is 16.5. The lowest BCUT2D eigenvalue weighted by Gasteiger charge is -2.02. The number of carbonyl (C=O) groups is 1. The summed E-state index contributed by atoms with van der Waals surface area (Å²) in [5, 5.41) is 0. The summed E-state index contributed by atoms with van der Waals surface area (Å²) in [5.41, 5.74) is 1.36. The van der Waals surface area contributed by atoms with E-state index in [-0.39, 0.29) is 5.78 Å². The SMILES string of the molecule is COc1ccc(C)c(C(C)=O)n1. The standard InChI is InChI=1S/C9H11NO2/c1-6-4-5-8(12-3)10-9(6)7(2)11/h4-5H,1-3H3. The van der Waals surface area contributed by atoms with E-state index < -0.39 is 0 Å². The molecule has 64 valence electrons. The van der Waals surface area contributed by atoms with Crippen LogP contribution in [0.4, 0.5) is 0 Å². The highest BCUT2D eigenvalue weighted by Crippen LogP contribution is 2.11. The Morgan fingerprint density at radius 2 is 2.17 bits per heavy atom. The number of aromatic nitrogens is 1. The summed E-state index contributed by atoms with van der Waals surface area (Å²) in [6, 6.07) is 3.56. The molecule has 0 aromatic carbocycles. The minimum atomic E-state index is -0.0357. The van der Waals surface area contributed by atoms with Crippen molar-refractivity contribution in [2.45, 2.75) is 13.8 Å². The van der Waals surface area contributed by atoms with E-state index >= 15 is 0 Å². The van der Waals surface area contributed by atoms with E-state index in [0.29, 0.717) is 11.6 Å². The number of ketones is 1. The van der Waals surface area contributed by atoms with Crippen LogP contribution in [0.2, 0.25) is 0 Å². The van der Waals surface area contributed by atoms with Crippen LogP contribution < -0.4 is 4.74 Å². The Kier molecular flexibility index (Phi) is 2.43. The predicted molar refractivity (Wildman–Crippen MR) is 45.5 cm³/mol. The number of ether oxygens (including phenoxy) is 1. The molecule has 1 aromatic heterocycles. The van der Waals surface area contributed by atoms with Gasteiger partial charge in [0.25, 0.3) is 0 Å².